The molecule has 2 rings (SSSR count). The summed E-state index contributed by atoms with van der Waals surface area (Å²) in [6, 6.07) is 6.15. The maximum absolute atomic E-state index is 12.3. The number of aryl methyl sites for hydroxylation is 1. The molecule has 134 valence electrons. The number of nitro benzene ring substituents is 1. The second-order valence-electron chi connectivity index (χ2n) is 5.46. The second-order valence-corrected chi connectivity index (χ2v) is 7.93. The van der Waals surface area contributed by atoms with E-state index in [-0.39, 0.29) is 16.8 Å². The molecule has 1 N–H and O–H groups in total. The molecule has 0 aliphatic rings. The summed E-state index contributed by atoms with van der Waals surface area (Å²) in [5.74, 6) is -0.167. The Morgan fingerprint density at radius 2 is 2.04 bits per heavy atom. The van der Waals surface area contributed by atoms with Crippen LogP contribution in [-0.4, -0.2) is 26.3 Å². The number of nitrogens with one attached hydrogen (secondary N) is 1. The maximum Gasteiger partial charge on any atom is 0.269 e. The summed E-state index contributed by atoms with van der Waals surface area (Å²) in [5.41, 5.74) is 0.0333. The minimum absolute atomic E-state index is 0.0333. The third-order valence-electron chi connectivity index (χ3n) is 3.42. The van der Waals surface area contributed by atoms with Gasteiger partial charge in [0.2, 0.25) is 11.0 Å². The second kappa shape index (κ2) is 9.47. The van der Waals surface area contributed by atoms with Gasteiger partial charge >= 0.3 is 0 Å². The van der Waals surface area contributed by atoms with Crippen molar-refractivity contribution in [3.05, 3.63) is 39.4 Å². The van der Waals surface area contributed by atoms with Gasteiger partial charge in [0.05, 0.1) is 10.2 Å². The minimum atomic E-state index is -0.446. The normalized spacial score (nSPS) is 11.9. The average molecular weight is 380 g/mol. The van der Waals surface area contributed by atoms with E-state index in [1.165, 1.54) is 35.2 Å². The Labute approximate surface area is 154 Å². The molecule has 1 atom stereocenters. The highest BCUT2D eigenvalue weighted by atomic mass is 32.2. The van der Waals surface area contributed by atoms with Crippen LogP contribution in [0.2, 0.25) is 0 Å². The van der Waals surface area contributed by atoms with Crippen LogP contribution in [0.5, 0.6) is 0 Å². The number of aromatic nitrogens is 2. The van der Waals surface area contributed by atoms with Crippen LogP contribution >= 0.6 is 23.1 Å². The number of rotatable bonds is 9. The summed E-state index contributed by atoms with van der Waals surface area (Å²) in [7, 11) is 0. The highest BCUT2D eigenvalue weighted by molar-refractivity contribution is 8.00. The third-order valence-corrected chi connectivity index (χ3v) is 5.43. The first-order valence-electron chi connectivity index (χ1n) is 8.04. The van der Waals surface area contributed by atoms with E-state index in [4.69, 9.17) is 0 Å². The van der Waals surface area contributed by atoms with E-state index < -0.39 is 4.92 Å². The van der Waals surface area contributed by atoms with Gasteiger partial charge in [-0.2, -0.15) is 0 Å². The lowest BCUT2D eigenvalue weighted by molar-refractivity contribution is -0.384. The van der Waals surface area contributed by atoms with Crippen LogP contribution in [0.15, 0.2) is 29.2 Å². The molecule has 0 bridgehead atoms. The lowest BCUT2D eigenvalue weighted by atomic mass is 10.2. The van der Waals surface area contributed by atoms with Crippen molar-refractivity contribution in [2.45, 2.75) is 49.7 Å². The van der Waals surface area contributed by atoms with Crippen LogP contribution in [0.3, 0.4) is 0 Å². The Morgan fingerprint density at radius 1 is 1.32 bits per heavy atom. The molecule has 0 saturated carbocycles. The molecular weight excluding hydrogens is 360 g/mol. The molecule has 0 fully saturated rings. The molecule has 0 aliphatic carbocycles. The van der Waals surface area contributed by atoms with Crippen molar-refractivity contribution in [2.75, 3.05) is 5.32 Å². The van der Waals surface area contributed by atoms with Gasteiger partial charge in [-0.3, -0.25) is 20.2 Å². The summed E-state index contributed by atoms with van der Waals surface area (Å²) in [4.78, 5) is 23.3. The minimum Gasteiger partial charge on any atom is -0.300 e. The Hall–Kier alpha value is -2.00. The highest BCUT2D eigenvalue weighted by Crippen LogP contribution is 2.26. The fraction of sp³-hybridized carbons (Fsp3) is 0.438. The molecule has 7 nitrogen and oxygen atoms in total. The van der Waals surface area contributed by atoms with Crippen LogP contribution in [-0.2, 0) is 11.2 Å². The largest absolute Gasteiger partial charge is 0.300 e. The first-order valence-corrected chi connectivity index (χ1v) is 9.73. The zero-order valence-electron chi connectivity index (χ0n) is 14.1. The number of thioether (sulfide) groups is 1. The SMILES string of the molecule is CCCCCc1nnc(NC(=O)C(C)Sc2ccc([N+](=O)[O-])cc2)s1. The van der Waals surface area contributed by atoms with Crippen LogP contribution in [0.4, 0.5) is 10.8 Å². The van der Waals surface area contributed by atoms with Crippen molar-refractivity contribution in [3.63, 3.8) is 0 Å². The van der Waals surface area contributed by atoms with Crippen LogP contribution < -0.4 is 5.32 Å². The lowest BCUT2D eigenvalue weighted by Crippen LogP contribution is -2.22. The quantitative estimate of drug-likeness (QED) is 0.301. The Bertz CT molecular complexity index is 718. The molecule has 1 amide bonds. The molecule has 1 aromatic carbocycles. The van der Waals surface area contributed by atoms with Gasteiger partial charge < -0.3 is 0 Å². The first-order chi connectivity index (χ1) is 12.0. The molecule has 25 heavy (non-hydrogen) atoms. The van der Waals surface area contributed by atoms with Gasteiger partial charge in [0.25, 0.3) is 5.69 Å². The van der Waals surface area contributed by atoms with Crippen molar-refractivity contribution in [1.82, 2.24) is 10.2 Å². The first kappa shape index (κ1) is 19.3. The van der Waals surface area contributed by atoms with Crippen LogP contribution in [0, 0.1) is 10.1 Å². The molecule has 0 saturated heterocycles. The number of anilines is 1. The third kappa shape index (κ3) is 6.09. The van der Waals surface area contributed by atoms with Gasteiger partial charge in [-0.1, -0.05) is 31.1 Å². The average Bonchev–Trinajstić information content (AvgIpc) is 3.03. The van der Waals surface area contributed by atoms with Gasteiger partial charge in [0.1, 0.15) is 5.01 Å². The molecule has 9 heteroatoms. The van der Waals surface area contributed by atoms with Gasteiger partial charge in [-0.15, -0.1) is 22.0 Å². The molecule has 1 heterocycles. The fourth-order valence-corrected chi connectivity index (χ4v) is 3.69. The summed E-state index contributed by atoms with van der Waals surface area (Å²) < 4.78 is 0. The number of nitro groups is 1. The van der Waals surface area contributed by atoms with E-state index in [2.05, 4.69) is 22.4 Å². The van der Waals surface area contributed by atoms with Gasteiger partial charge in [0, 0.05) is 23.4 Å². The molecule has 1 aromatic heterocycles. The topological polar surface area (TPSA) is 98.0 Å². The number of benzene rings is 1. The summed E-state index contributed by atoms with van der Waals surface area (Å²) >= 11 is 2.74. The number of unbranched alkanes of at least 4 members (excludes halogenated alkanes) is 2. The Morgan fingerprint density at radius 3 is 2.68 bits per heavy atom. The predicted octanol–water partition coefficient (Wildman–Crippen LogP) is 4.30. The Kier molecular flexibility index (Phi) is 7.32. The van der Waals surface area contributed by atoms with Crippen molar-refractivity contribution >= 4 is 39.8 Å². The van der Waals surface area contributed by atoms with E-state index in [0.717, 1.165) is 35.6 Å². The molecule has 0 spiro atoms. The van der Waals surface area contributed by atoms with Crippen LogP contribution in [0.1, 0.15) is 38.1 Å². The number of non-ortho nitro benzene ring substituents is 1. The molecule has 2 aromatic rings. The van der Waals surface area contributed by atoms with Gasteiger partial charge in [-0.25, -0.2) is 0 Å². The van der Waals surface area contributed by atoms with Crippen LogP contribution in [0.25, 0.3) is 0 Å². The molecule has 0 radical (unpaired) electrons. The predicted molar refractivity (Wildman–Crippen MR) is 100 cm³/mol. The Balaban J connectivity index is 1.86. The van der Waals surface area contributed by atoms with Crippen molar-refractivity contribution in [1.29, 1.82) is 0 Å². The molecule has 1 unspecified atom stereocenters. The number of carbonyl (C=O) groups is 1. The number of amides is 1. The van der Waals surface area contributed by atoms with E-state index in [1.807, 2.05) is 0 Å². The number of carbonyl (C=O) groups excluding carboxylic acids is 1. The van der Waals surface area contributed by atoms with E-state index >= 15 is 0 Å². The van der Waals surface area contributed by atoms with E-state index in [9.17, 15) is 14.9 Å². The standard InChI is InChI=1S/C16H20N4O3S2/c1-3-4-5-6-14-18-19-16(25-14)17-15(21)11(2)24-13-9-7-12(8-10-13)20(22)23/h7-11H,3-6H2,1-2H3,(H,17,19,21). The van der Waals surface area contributed by atoms with Gasteiger partial charge in [0.15, 0.2) is 0 Å². The monoisotopic (exact) mass is 380 g/mol. The maximum atomic E-state index is 12.3. The fourth-order valence-electron chi connectivity index (χ4n) is 2.04. The molecular formula is C16H20N4O3S2. The lowest BCUT2D eigenvalue weighted by Gasteiger charge is -2.09. The number of hydrogen-bond acceptors (Lipinski definition) is 7. The van der Waals surface area contributed by atoms with Crippen molar-refractivity contribution in [2.24, 2.45) is 0 Å². The smallest absolute Gasteiger partial charge is 0.269 e. The molecule has 0 aliphatic heterocycles. The summed E-state index contributed by atoms with van der Waals surface area (Å²) in [6.45, 7) is 3.93. The summed E-state index contributed by atoms with van der Waals surface area (Å²) in [6.07, 6.45) is 4.27. The zero-order chi connectivity index (χ0) is 18.2. The van der Waals surface area contributed by atoms with E-state index in [0.29, 0.717) is 5.13 Å². The van der Waals surface area contributed by atoms with E-state index in [1.54, 1.807) is 19.1 Å². The number of hydrogen-bond donors (Lipinski definition) is 1. The summed E-state index contributed by atoms with van der Waals surface area (Å²) in [5, 5.41) is 22.6. The van der Waals surface area contributed by atoms with Crippen molar-refractivity contribution < 1.29 is 9.72 Å². The van der Waals surface area contributed by atoms with Gasteiger partial charge in [-0.05, 0) is 25.5 Å². The number of nitrogens with zero attached hydrogens (tertiary/aromatic N) is 3. The zero-order valence-corrected chi connectivity index (χ0v) is 15.7. The highest BCUT2D eigenvalue weighted by Gasteiger charge is 2.17. The van der Waals surface area contributed by atoms with Crippen molar-refractivity contribution in [3.8, 4) is 0 Å².